The molecule has 104 valence electrons. The van der Waals surface area contributed by atoms with Gasteiger partial charge in [-0.15, -0.1) is 12.4 Å². The van der Waals surface area contributed by atoms with Crippen LogP contribution in [0, 0.1) is 0 Å². The molecule has 2 aliphatic rings. The lowest BCUT2D eigenvalue weighted by Crippen LogP contribution is -2.38. The maximum Gasteiger partial charge on any atom is 0.412 e. The van der Waals surface area contributed by atoms with Gasteiger partial charge in [0, 0.05) is 18.5 Å². The normalized spacial score (nSPS) is 24.4. The fourth-order valence-corrected chi connectivity index (χ4v) is 3.40. The molecule has 1 unspecified atom stereocenters. The summed E-state index contributed by atoms with van der Waals surface area (Å²) in [6.45, 7) is 3.70. The second-order valence-corrected chi connectivity index (χ2v) is 5.33. The molecule has 1 aromatic carbocycles. The maximum atomic E-state index is 11.5. The van der Waals surface area contributed by atoms with Gasteiger partial charge in [0.05, 0.1) is 10.7 Å². The van der Waals surface area contributed by atoms with Crippen molar-refractivity contribution in [2.45, 2.75) is 25.3 Å². The molecule has 0 aliphatic carbocycles. The minimum Gasteiger partial charge on any atom is -0.465 e. The summed E-state index contributed by atoms with van der Waals surface area (Å²) >= 11 is 6.22. The first-order chi connectivity index (χ1) is 8.61. The summed E-state index contributed by atoms with van der Waals surface area (Å²) < 4.78 is 0. The highest BCUT2D eigenvalue weighted by Crippen LogP contribution is 2.47. The fourth-order valence-electron chi connectivity index (χ4n) is 3.15. The zero-order valence-corrected chi connectivity index (χ0v) is 12.1. The lowest BCUT2D eigenvalue weighted by molar-refractivity contribution is 0.199. The molecule has 1 amide bonds. The minimum atomic E-state index is -0.925. The van der Waals surface area contributed by atoms with Gasteiger partial charge in [0.25, 0.3) is 0 Å². The van der Waals surface area contributed by atoms with Crippen LogP contribution in [-0.2, 0) is 6.42 Å². The number of amides is 1. The second kappa shape index (κ2) is 5.19. The van der Waals surface area contributed by atoms with Crippen LogP contribution in [-0.4, -0.2) is 30.3 Å². The van der Waals surface area contributed by atoms with Crippen LogP contribution in [0.4, 0.5) is 10.5 Å². The van der Waals surface area contributed by atoms with E-state index in [2.05, 4.69) is 5.32 Å². The molecule has 4 nitrogen and oxygen atoms in total. The van der Waals surface area contributed by atoms with Gasteiger partial charge in [0.1, 0.15) is 0 Å². The Labute approximate surface area is 123 Å². The number of nitrogens with zero attached hydrogens (tertiary/aromatic N) is 1. The van der Waals surface area contributed by atoms with E-state index in [1.54, 1.807) is 0 Å². The second-order valence-electron chi connectivity index (χ2n) is 4.92. The molecule has 2 aliphatic heterocycles. The van der Waals surface area contributed by atoms with Crippen LogP contribution in [0.1, 0.15) is 24.0 Å². The maximum absolute atomic E-state index is 11.5. The van der Waals surface area contributed by atoms with E-state index in [0.717, 1.165) is 25.1 Å². The Morgan fingerprint density at radius 3 is 2.95 bits per heavy atom. The molecule has 0 saturated heterocycles. The van der Waals surface area contributed by atoms with Gasteiger partial charge in [-0.05, 0) is 37.1 Å². The van der Waals surface area contributed by atoms with E-state index in [0.29, 0.717) is 10.7 Å². The van der Waals surface area contributed by atoms with Crippen LogP contribution in [0.25, 0.3) is 0 Å². The van der Waals surface area contributed by atoms with Gasteiger partial charge >= 0.3 is 6.09 Å². The zero-order valence-electron chi connectivity index (χ0n) is 10.5. The van der Waals surface area contributed by atoms with Crippen LogP contribution in [0.3, 0.4) is 0 Å². The molecule has 2 atom stereocenters. The van der Waals surface area contributed by atoms with Crippen molar-refractivity contribution in [2.24, 2.45) is 0 Å². The Bertz CT molecular complexity index is 522. The van der Waals surface area contributed by atoms with Gasteiger partial charge in [-0.2, -0.15) is 0 Å². The monoisotopic (exact) mass is 302 g/mol. The number of benzene rings is 1. The number of hydrogen-bond acceptors (Lipinski definition) is 2. The Morgan fingerprint density at radius 2 is 2.26 bits per heavy atom. The predicted molar refractivity (Wildman–Crippen MR) is 78.0 cm³/mol. The van der Waals surface area contributed by atoms with E-state index in [1.165, 1.54) is 10.5 Å². The van der Waals surface area contributed by atoms with Gasteiger partial charge in [0.15, 0.2) is 0 Å². The molecule has 6 heteroatoms. The van der Waals surface area contributed by atoms with Crippen LogP contribution >= 0.6 is 24.0 Å². The van der Waals surface area contributed by atoms with E-state index in [4.69, 9.17) is 11.6 Å². The van der Waals surface area contributed by atoms with Crippen molar-refractivity contribution in [3.63, 3.8) is 0 Å². The first-order valence-corrected chi connectivity index (χ1v) is 6.53. The van der Waals surface area contributed by atoms with Crippen molar-refractivity contribution in [3.8, 4) is 0 Å². The number of anilines is 1. The molecule has 0 saturated carbocycles. The molecule has 2 N–H and O–H groups in total. The molecule has 2 heterocycles. The standard InChI is InChI=1S/C13H15ClN2O2.ClH/c1-7-9-6-15-5-4-8-2-3-10(14)12(11(8)9)16(7)13(17)18;/h2-3,7,9,15H,4-6H2,1H3,(H,17,18);1H/t7?,9-;/m0./s1. The first-order valence-electron chi connectivity index (χ1n) is 6.15. The average Bonchev–Trinajstić information content (AvgIpc) is 2.50. The molecule has 0 bridgehead atoms. The molecule has 0 radical (unpaired) electrons. The van der Waals surface area contributed by atoms with Crippen molar-refractivity contribution in [2.75, 3.05) is 18.0 Å². The van der Waals surface area contributed by atoms with Gasteiger partial charge in [-0.1, -0.05) is 17.7 Å². The third kappa shape index (κ3) is 2.08. The molecule has 19 heavy (non-hydrogen) atoms. The Balaban J connectivity index is 0.00000133. The van der Waals surface area contributed by atoms with E-state index in [9.17, 15) is 9.90 Å². The SMILES string of the molecule is CC1[C@@H]2CNCCc3ccc(Cl)c(c32)N1C(=O)O.Cl. The van der Waals surface area contributed by atoms with Crippen LogP contribution in [0.5, 0.6) is 0 Å². The summed E-state index contributed by atoms with van der Waals surface area (Å²) in [7, 11) is 0. The lowest BCUT2D eigenvalue weighted by atomic mass is 9.92. The highest BCUT2D eigenvalue weighted by molar-refractivity contribution is 6.34. The summed E-state index contributed by atoms with van der Waals surface area (Å²) in [6.07, 6.45) is 0.00165. The number of nitrogens with one attached hydrogen (secondary N) is 1. The van der Waals surface area contributed by atoms with Crippen molar-refractivity contribution >= 4 is 35.8 Å². The number of carboxylic acid groups (broad SMARTS) is 1. The molecule has 0 spiro atoms. The number of hydrogen-bond donors (Lipinski definition) is 2. The summed E-state index contributed by atoms with van der Waals surface area (Å²) in [5, 5.41) is 13.3. The average molecular weight is 303 g/mol. The summed E-state index contributed by atoms with van der Waals surface area (Å²) in [5.41, 5.74) is 3.05. The number of carbonyl (C=O) groups is 1. The third-order valence-corrected chi connectivity index (χ3v) is 4.31. The van der Waals surface area contributed by atoms with Gasteiger partial charge in [-0.3, -0.25) is 4.90 Å². The number of halogens is 2. The van der Waals surface area contributed by atoms with Gasteiger partial charge in [-0.25, -0.2) is 4.79 Å². The molecule has 1 aromatic rings. The fraction of sp³-hybridized carbons (Fsp3) is 0.462. The Morgan fingerprint density at radius 1 is 1.53 bits per heavy atom. The van der Waals surface area contributed by atoms with Gasteiger partial charge < -0.3 is 10.4 Å². The van der Waals surface area contributed by atoms with Crippen molar-refractivity contribution in [1.82, 2.24) is 5.32 Å². The van der Waals surface area contributed by atoms with Crippen LogP contribution < -0.4 is 10.2 Å². The highest BCUT2D eigenvalue weighted by atomic mass is 35.5. The van der Waals surface area contributed by atoms with Crippen LogP contribution in [0.2, 0.25) is 5.02 Å². The summed E-state index contributed by atoms with van der Waals surface area (Å²) in [6, 6.07) is 3.77. The largest absolute Gasteiger partial charge is 0.465 e. The quantitative estimate of drug-likeness (QED) is 0.775. The van der Waals surface area contributed by atoms with Gasteiger partial charge in [0.2, 0.25) is 0 Å². The smallest absolute Gasteiger partial charge is 0.412 e. The summed E-state index contributed by atoms with van der Waals surface area (Å²) in [4.78, 5) is 12.9. The zero-order chi connectivity index (χ0) is 12.9. The van der Waals surface area contributed by atoms with E-state index in [-0.39, 0.29) is 24.4 Å². The Hall–Kier alpha value is -0.970. The topological polar surface area (TPSA) is 52.6 Å². The van der Waals surface area contributed by atoms with Crippen molar-refractivity contribution in [1.29, 1.82) is 0 Å². The number of rotatable bonds is 0. The molecule has 0 aromatic heterocycles. The predicted octanol–water partition coefficient (Wildman–Crippen LogP) is 2.88. The Kier molecular flexibility index (Phi) is 3.95. The molecular weight excluding hydrogens is 287 g/mol. The van der Waals surface area contributed by atoms with Crippen molar-refractivity contribution < 1.29 is 9.90 Å². The van der Waals surface area contributed by atoms with E-state index in [1.807, 2.05) is 19.1 Å². The van der Waals surface area contributed by atoms with Crippen molar-refractivity contribution in [3.05, 3.63) is 28.3 Å². The molecule has 0 fully saturated rings. The van der Waals surface area contributed by atoms with E-state index < -0.39 is 6.09 Å². The molecule has 3 rings (SSSR count). The molecular formula is C13H16Cl2N2O2. The van der Waals surface area contributed by atoms with E-state index >= 15 is 0 Å². The minimum absolute atomic E-state index is 0. The lowest BCUT2D eigenvalue weighted by Gasteiger charge is -2.22. The van der Waals surface area contributed by atoms with Crippen LogP contribution in [0.15, 0.2) is 12.1 Å². The summed E-state index contributed by atoms with van der Waals surface area (Å²) in [5.74, 6) is 0.201. The first kappa shape index (κ1) is 14.4. The third-order valence-electron chi connectivity index (χ3n) is 4.00. The highest BCUT2D eigenvalue weighted by Gasteiger charge is 2.42.